The van der Waals surface area contributed by atoms with E-state index in [1.54, 1.807) is 6.07 Å². The van der Waals surface area contributed by atoms with Crippen molar-refractivity contribution in [1.82, 2.24) is 9.97 Å². The fraction of sp³-hybridized carbons (Fsp3) is 0.545. The summed E-state index contributed by atoms with van der Waals surface area (Å²) in [5.41, 5.74) is 0. The number of nitrogens with zero attached hydrogens (tertiary/aromatic N) is 2. The zero-order chi connectivity index (χ0) is 12.3. The molecule has 1 aliphatic rings. The Labute approximate surface area is 99.0 Å². The Kier molecular flexibility index (Phi) is 3.41. The zero-order valence-corrected chi connectivity index (χ0v) is 9.59. The van der Waals surface area contributed by atoms with Gasteiger partial charge in [0.05, 0.1) is 13.5 Å². The molecule has 0 aromatic carbocycles. The van der Waals surface area contributed by atoms with Gasteiger partial charge in [-0.1, -0.05) is 0 Å². The highest BCUT2D eigenvalue weighted by Gasteiger charge is 2.32. The molecule has 0 saturated heterocycles. The summed E-state index contributed by atoms with van der Waals surface area (Å²) in [6, 6.07) is 1.60. The van der Waals surface area contributed by atoms with Crippen LogP contribution in [0, 0.1) is 5.92 Å². The van der Waals surface area contributed by atoms with Gasteiger partial charge in [-0.3, -0.25) is 4.79 Å². The van der Waals surface area contributed by atoms with Gasteiger partial charge in [-0.15, -0.1) is 0 Å². The van der Waals surface area contributed by atoms with Crippen molar-refractivity contribution in [3.63, 3.8) is 0 Å². The van der Waals surface area contributed by atoms with E-state index in [9.17, 15) is 4.79 Å². The first-order valence-corrected chi connectivity index (χ1v) is 5.53. The van der Waals surface area contributed by atoms with E-state index < -0.39 is 5.97 Å². The van der Waals surface area contributed by atoms with Crippen molar-refractivity contribution in [2.45, 2.75) is 25.3 Å². The lowest BCUT2D eigenvalue weighted by Crippen LogP contribution is -2.25. The molecule has 0 bridgehead atoms. The Balaban J connectivity index is 2.03. The molecule has 1 atom stereocenters. The average molecular weight is 237 g/mol. The molecule has 0 aliphatic heterocycles. The molecule has 1 saturated carbocycles. The molecule has 1 aromatic rings. The SMILES string of the molecule is COc1cc(NC(CC(=O)O)C2CC2)ncn1. The molecule has 1 heterocycles. The third kappa shape index (κ3) is 3.30. The Bertz CT molecular complexity index is 407. The molecular formula is C11H15N3O3. The highest BCUT2D eigenvalue weighted by molar-refractivity contribution is 5.68. The lowest BCUT2D eigenvalue weighted by atomic mass is 10.1. The number of carboxylic acids is 1. The maximum absolute atomic E-state index is 10.8. The third-order valence-electron chi connectivity index (χ3n) is 2.77. The van der Waals surface area contributed by atoms with E-state index in [4.69, 9.17) is 9.84 Å². The minimum atomic E-state index is -0.796. The Morgan fingerprint density at radius 2 is 2.41 bits per heavy atom. The fourth-order valence-corrected chi connectivity index (χ4v) is 1.74. The number of nitrogens with one attached hydrogen (secondary N) is 1. The zero-order valence-electron chi connectivity index (χ0n) is 9.59. The predicted octanol–water partition coefficient (Wildman–Crippen LogP) is 1.15. The standard InChI is InChI=1S/C11H15N3O3/c1-17-10-5-9(12-6-13-10)14-8(4-11(15)16)7-2-3-7/h5-8H,2-4H2,1H3,(H,15,16)(H,12,13,14). The molecule has 0 spiro atoms. The van der Waals surface area contributed by atoms with E-state index in [1.165, 1.54) is 13.4 Å². The van der Waals surface area contributed by atoms with Crippen molar-refractivity contribution in [2.24, 2.45) is 5.92 Å². The topological polar surface area (TPSA) is 84.3 Å². The van der Waals surface area contributed by atoms with Gasteiger partial charge in [-0.2, -0.15) is 0 Å². The second-order valence-corrected chi connectivity index (χ2v) is 4.13. The molecule has 1 aromatic heterocycles. The van der Waals surface area contributed by atoms with E-state index in [0.29, 0.717) is 17.6 Å². The monoisotopic (exact) mass is 237 g/mol. The maximum Gasteiger partial charge on any atom is 0.305 e. The summed E-state index contributed by atoms with van der Waals surface area (Å²) in [4.78, 5) is 18.7. The summed E-state index contributed by atoms with van der Waals surface area (Å²) in [5, 5.41) is 12.0. The van der Waals surface area contributed by atoms with Crippen LogP contribution in [-0.2, 0) is 4.79 Å². The Hall–Kier alpha value is -1.85. The molecule has 1 aliphatic carbocycles. The number of hydrogen-bond donors (Lipinski definition) is 2. The summed E-state index contributed by atoms with van der Waals surface area (Å²) in [6.45, 7) is 0. The summed E-state index contributed by atoms with van der Waals surface area (Å²) in [7, 11) is 1.53. The van der Waals surface area contributed by atoms with Crippen LogP contribution in [0.25, 0.3) is 0 Å². The van der Waals surface area contributed by atoms with E-state index >= 15 is 0 Å². The van der Waals surface area contributed by atoms with E-state index in [0.717, 1.165) is 12.8 Å². The maximum atomic E-state index is 10.8. The van der Waals surface area contributed by atoms with Crippen LogP contribution in [0.5, 0.6) is 5.88 Å². The summed E-state index contributed by atoms with van der Waals surface area (Å²) >= 11 is 0. The van der Waals surface area contributed by atoms with Crippen molar-refractivity contribution < 1.29 is 14.6 Å². The number of rotatable bonds is 6. The average Bonchev–Trinajstić information content (AvgIpc) is 3.12. The second kappa shape index (κ2) is 4.99. The van der Waals surface area contributed by atoms with Crippen LogP contribution >= 0.6 is 0 Å². The van der Waals surface area contributed by atoms with Crippen molar-refractivity contribution in [3.8, 4) is 5.88 Å². The Morgan fingerprint density at radius 3 is 3.00 bits per heavy atom. The van der Waals surface area contributed by atoms with Gasteiger partial charge < -0.3 is 15.2 Å². The number of hydrogen-bond acceptors (Lipinski definition) is 5. The third-order valence-corrected chi connectivity index (χ3v) is 2.77. The van der Waals surface area contributed by atoms with E-state index in [2.05, 4.69) is 15.3 Å². The van der Waals surface area contributed by atoms with Crippen LogP contribution in [0.4, 0.5) is 5.82 Å². The number of ether oxygens (including phenoxy) is 1. The molecule has 2 rings (SSSR count). The van der Waals surface area contributed by atoms with Crippen LogP contribution < -0.4 is 10.1 Å². The van der Waals surface area contributed by atoms with Crippen molar-refractivity contribution in [1.29, 1.82) is 0 Å². The van der Waals surface area contributed by atoms with Gasteiger partial charge in [-0.25, -0.2) is 9.97 Å². The van der Waals surface area contributed by atoms with Gasteiger partial charge in [0.2, 0.25) is 5.88 Å². The Morgan fingerprint density at radius 1 is 1.65 bits per heavy atom. The van der Waals surface area contributed by atoms with Gasteiger partial charge in [0.15, 0.2) is 0 Å². The number of anilines is 1. The highest BCUT2D eigenvalue weighted by Crippen LogP contribution is 2.35. The second-order valence-electron chi connectivity index (χ2n) is 4.13. The first kappa shape index (κ1) is 11.6. The number of aliphatic carboxylic acids is 1. The van der Waals surface area contributed by atoms with Crippen molar-refractivity contribution in [2.75, 3.05) is 12.4 Å². The van der Waals surface area contributed by atoms with Crippen LogP contribution in [0.2, 0.25) is 0 Å². The van der Waals surface area contributed by atoms with Crippen molar-refractivity contribution >= 4 is 11.8 Å². The fourth-order valence-electron chi connectivity index (χ4n) is 1.74. The van der Waals surface area contributed by atoms with Gasteiger partial charge >= 0.3 is 5.97 Å². The first-order valence-electron chi connectivity index (χ1n) is 5.53. The molecule has 6 nitrogen and oxygen atoms in total. The number of carboxylic acid groups (broad SMARTS) is 1. The van der Waals surface area contributed by atoms with Gasteiger partial charge in [0.1, 0.15) is 12.1 Å². The lowest BCUT2D eigenvalue weighted by Gasteiger charge is -2.16. The molecule has 92 valence electrons. The molecule has 1 fully saturated rings. The molecule has 0 amide bonds. The van der Waals surface area contributed by atoms with Crippen LogP contribution in [0.1, 0.15) is 19.3 Å². The van der Waals surface area contributed by atoms with E-state index in [-0.39, 0.29) is 12.5 Å². The van der Waals surface area contributed by atoms with Crippen molar-refractivity contribution in [3.05, 3.63) is 12.4 Å². The minimum Gasteiger partial charge on any atom is -0.481 e. The number of carbonyl (C=O) groups is 1. The van der Waals surface area contributed by atoms with Gasteiger partial charge in [-0.05, 0) is 18.8 Å². The van der Waals surface area contributed by atoms with Crippen LogP contribution in [0.3, 0.4) is 0 Å². The molecular weight excluding hydrogens is 222 g/mol. The molecule has 2 N–H and O–H groups in total. The predicted molar refractivity (Wildman–Crippen MR) is 61.0 cm³/mol. The molecule has 0 radical (unpaired) electrons. The first-order chi connectivity index (χ1) is 8.19. The normalized spacial score (nSPS) is 16.3. The summed E-state index contributed by atoms with van der Waals surface area (Å²) in [6.07, 6.45) is 3.66. The number of aromatic nitrogens is 2. The van der Waals surface area contributed by atoms with Gasteiger partial charge in [0.25, 0.3) is 0 Å². The van der Waals surface area contributed by atoms with E-state index in [1.807, 2.05) is 0 Å². The van der Waals surface area contributed by atoms with Crippen LogP contribution in [-0.4, -0.2) is 34.2 Å². The largest absolute Gasteiger partial charge is 0.481 e. The molecule has 17 heavy (non-hydrogen) atoms. The lowest BCUT2D eigenvalue weighted by molar-refractivity contribution is -0.137. The number of methoxy groups -OCH3 is 1. The minimum absolute atomic E-state index is 0.0629. The smallest absolute Gasteiger partial charge is 0.305 e. The van der Waals surface area contributed by atoms with Gasteiger partial charge in [0, 0.05) is 12.1 Å². The van der Waals surface area contributed by atoms with Crippen LogP contribution in [0.15, 0.2) is 12.4 Å². The summed E-state index contributed by atoms with van der Waals surface area (Å²) < 4.78 is 4.99. The quantitative estimate of drug-likeness (QED) is 0.772. The summed E-state index contributed by atoms with van der Waals surface area (Å²) in [5.74, 6) is 0.713. The molecule has 1 unspecified atom stereocenters. The molecule has 6 heteroatoms. The highest BCUT2D eigenvalue weighted by atomic mass is 16.5.